The summed E-state index contributed by atoms with van der Waals surface area (Å²) in [7, 11) is 0. The lowest BCUT2D eigenvalue weighted by molar-refractivity contribution is -0.0493. The molecule has 0 spiro atoms. The Balaban J connectivity index is 1.66. The summed E-state index contributed by atoms with van der Waals surface area (Å²) < 4.78 is 35.9. The molecule has 1 aromatic carbocycles. The van der Waals surface area contributed by atoms with Gasteiger partial charge in [0.05, 0.1) is 28.3 Å². The maximum absolute atomic E-state index is 14.2. The van der Waals surface area contributed by atoms with Crippen molar-refractivity contribution >= 4 is 27.9 Å². The number of aryl methyl sites for hydroxylation is 2. The Morgan fingerprint density at radius 3 is 2.47 bits per heavy atom. The zero-order chi connectivity index (χ0) is 26.6. The first kappa shape index (κ1) is 24.2. The molecule has 1 aliphatic rings. The molecule has 1 N–H and O–H groups in total. The van der Waals surface area contributed by atoms with Crippen LogP contribution in [0.5, 0.6) is 0 Å². The summed E-state index contributed by atoms with van der Waals surface area (Å²) in [5.74, 6) is -3.23. The van der Waals surface area contributed by atoms with Gasteiger partial charge in [-0.25, -0.2) is 18.6 Å². The Morgan fingerprint density at radius 2 is 1.82 bits per heavy atom. The minimum absolute atomic E-state index is 0.0833. The number of halogens is 2. The summed E-state index contributed by atoms with van der Waals surface area (Å²) in [4.78, 5) is 20.8. The third-order valence-electron chi connectivity index (χ3n) is 7.69. The molecule has 1 aliphatic carbocycles. The van der Waals surface area contributed by atoms with Crippen LogP contribution >= 0.6 is 0 Å². The highest BCUT2D eigenvalue weighted by Crippen LogP contribution is 2.46. The van der Waals surface area contributed by atoms with E-state index in [4.69, 9.17) is 9.51 Å². The van der Waals surface area contributed by atoms with Crippen molar-refractivity contribution in [2.45, 2.75) is 51.5 Å². The Hall–Kier alpha value is -4.14. The van der Waals surface area contributed by atoms with Gasteiger partial charge in [0.2, 0.25) is 5.92 Å². The number of aromatic nitrogens is 4. The topological polar surface area (TPSA) is 94.0 Å². The molecular formula is C29H26F2N4O3. The van der Waals surface area contributed by atoms with Crippen molar-refractivity contribution in [3.63, 3.8) is 0 Å². The molecule has 7 nitrogen and oxygen atoms in total. The van der Waals surface area contributed by atoms with Crippen LogP contribution in [0.25, 0.3) is 33.1 Å². The highest BCUT2D eigenvalue weighted by Gasteiger charge is 2.39. The molecule has 1 fully saturated rings. The van der Waals surface area contributed by atoms with E-state index in [-0.39, 0.29) is 30.5 Å². The number of aromatic carboxylic acids is 1. The highest BCUT2D eigenvalue weighted by molar-refractivity contribution is 6.07. The second-order valence-electron chi connectivity index (χ2n) is 10.1. The van der Waals surface area contributed by atoms with E-state index < -0.39 is 11.9 Å². The van der Waals surface area contributed by atoms with Crippen molar-refractivity contribution in [1.82, 2.24) is 19.7 Å². The Kier molecular flexibility index (Phi) is 5.74. The van der Waals surface area contributed by atoms with E-state index >= 15 is 0 Å². The monoisotopic (exact) mass is 516 g/mol. The molecule has 1 atom stereocenters. The van der Waals surface area contributed by atoms with E-state index in [1.54, 1.807) is 12.3 Å². The van der Waals surface area contributed by atoms with E-state index in [1.807, 2.05) is 50.2 Å². The third kappa shape index (κ3) is 4.02. The van der Waals surface area contributed by atoms with Crippen molar-refractivity contribution in [2.24, 2.45) is 5.92 Å². The van der Waals surface area contributed by atoms with Crippen molar-refractivity contribution in [3.05, 3.63) is 77.6 Å². The Morgan fingerprint density at radius 1 is 1.08 bits per heavy atom. The lowest BCUT2D eigenvalue weighted by Crippen LogP contribution is -2.30. The standard InChI is InChI=1S/C29H26F2N4O3/c1-16-25(17(2)38-34-16)20-12-24-26(33-14-20)21-15-32-22(28(36)37)13-23(21)35(24)27(18-6-4-3-5-7-18)19-8-10-29(30,31)11-9-19/h3-7,12-15,19,27H,8-11H2,1-2H3,(H,36,37). The molecular weight excluding hydrogens is 490 g/mol. The second kappa shape index (κ2) is 9.01. The summed E-state index contributed by atoms with van der Waals surface area (Å²) in [6.07, 6.45) is 3.63. The highest BCUT2D eigenvalue weighted by atomic mass is 19.3. The van der Waals surface area contributed by atoms with Gasteiger partial charge in [0.15, 0.2) is 0 Å². The van der Waals surface area contributed by atoms with Gasteiger partial charge in [-0.05, 0) is 50.3 Å². The van der Waals surface area contributed by atoms with Gasteiger partial charge in [0.25, 0.3) is 0 Å². The number of rotatable bonds is 5. The molecule has 9 heteroatoms. The fraction of sp³-hybridized carbons (Fsp3) is 0.310. The Labute approximate surface area is 217 Å². The maximum Gasteiger partial charge on any atom is 0.354 e. The van der Waals surface area contributed by atoms with Gasteiger partial charge in [0.1, 0.15) is 11.5 Å². The minimum atomic E-state index is -2.67. The number of benzene rings is 1. The van der Waals surface area contributed by atoms with Gasteiger partial charge < -0.3 is 14.2 Å². The lowest BCUT2D eigenvalue weighted by atomic mass is 9.79. The van der Waals surface area contributed by atoms with Crippen LogP contribution in [0.1, 0.15) is 59.2 Å². The largest absolute Gasteiger partial charge is 0.477 e. The van der Waals surface area contributed by atoms with Crippen LogP contribution in [0, 0.1) is 19.8 Å². The molecule has 0 aliphatic heterocycles. The first-order valence-electron chi connectivity index (χ1n) is 12.6. The molecule has 4 heterocycles. The minimum Gasteiger partial charge on any atom is -0.477 e. The SMILES string of the molecule is Cc1noc(C)c1-c1cnc2c3cnc(C(=O)O)cc3n(C(c3ccccc3)C3CCC(F)(F)CC3)c2c1. The molecule has 194 valence electrons. The molecule has 5 aromatic rings. The van der Waals surface area contributed by atoms with Crippen LogP contribution in [-0.4, -0.2) is 36.7 Å². The second-order valence-corrected chi connectivity index (χ2v) is 10.1. The molecule has 0 radical (unpaired) electrons. The van der Waals surface area contributed by atoms with E-state index in [0.717, 1.165) is 27.9 Å². The van der Waals surface area contributed by atoms with Crippen LogP contribution in [0.2, 0.25) is 0 Å². The number of pyridine rings is 2. The number of hydrogen-bond donors (Lipinski definition) is 1. The summed E-state index contributed by atoms with van der Waals surface area (Å²) in [6.45, 7) is 3.71. The number of hydrogen-bond acceptors (Lipinski definition) is 5. The molecule has 1 saturated carbocycles. The molecule has 0 amide bonds. The molecule has 6 rings (SSSR count). The van der Waals surface area contributed by atoms with E-state index in [0.29, 0.717) is 35.0 Å². The number of alkyl halides is 2. The van der Waals surface area contributed by atoms with Crippen LogP contribution in [0.4, 0.5) is 8.78 Å². The zero-order valence-electron chi connectivity index (χ0n) is 21.0. The van der Waals surface area contributed by atoms with Crippen LogP contribution in [-0.2, 0) is 0 Å². The molecule has 0 bridgehead atoms. The van der Waals surface area contributed by atoms with Crippen LogP contribution in [0.15, 0.2) is 59.4 Å². The van der Waals surface area contributed by atoms with Gasteiger partial charge in [-0.2, -0.15) is 0 Å². The van der Waals surface area contributed by atoms with Gasteiger partial charge in [0, 0.05) is 41.7 Å². The number of nitrogens with zero attached hydrogens (tertiary/aromatic N) is 4. The predicted octanol–water partition coefficient (Wildman–Crippen LogP) is 6.97. The normalized spacial score (nSPS) is 16.7. The van der Waals surface area contributed by atoms with Crippen LogP contribution in [0.3, 0.4) is 0 Å². The first-order valence-corrected chi connectivity index (χ1v) is 12.6. The summed E-state index contributed by atoms with van der Waals surface area (Å²) >= 11 is 0. The summed E-state index contributed by atoms with van der Waals surface area (Å²) in [5.41, 5.74) is 5.36. The number of fused-ring (bicyclic) bond motifs is 3. The van der Waals surface area contributed by atoms with Crippen molar-refractivity contribution in [3.8, 4) is 11.1 Å². The van der Waals surface area contributed by atoms with E-state index in [1.165, 1.54) is 6.20 Å². The quantitative estimate of drug-likeness (QED) is 0.271. The smallest absolute Gasteiger partial charge is 0.354 e. The Bertz CT molecular complexity index is 1650. The number of carboxylic acid groups (broad SMARTS) is 1. The molecule has 0 saturated heterocycles. The van der Waals surface area contributed by atoms with Crippen LogP contribution < -0.4 is 0 Å². The number of carboxylic acids is 1. The fourth-order valence-corrected chi connectivity index (χ4v) is 5.91. The molecule has 4 aromatic heterocycles. The van der Waals surface area contributed by atoms with Crippen molar-refractivity contribution < 1.29 is 23.2 Å². The lowest BCUT2D eigenvalue weighted by Gasteiger charge is -2.35. The predicted molar refractivity (Wildman–Crippen MR) is 138 cm³/mol. The van der Waals surface area contributed by atoms with Crippen molar-refractivity contribution in [1.29, 1.82) is 0 Å². The zero-order valence-corrected chi connectivity index (χ0v) is 21.0. The van der Waals surface area contributed by atoms with E-state index in [2.05, 4.69) is 14.7 Å². The van der Waals surface area contributed by atoms with Gasteiger partial charge >= 0.3 is 5.97 Å². The van der Waals surface area contributed by atoms with Gasteiger partial charge in [-0.3, -0.25) is 4.98 Å². The molecule has 38 heavy (non-hydrogen) atoms. The average molecular weight is 517 g/mol. The third-order valence-corrected chi connectivity index (χ3v) is 7.69. The number of carbonyl (C=O) groups is 1. The first-order chi connectivity index (χ1) is 18.2. The average Bonchev–Trinajstić information content (AvgIpc) is 3.41. The molecule has 1 unspecified atom stereocenters. The maximum atomic E-state index is 14.2. The summed E-state index contributed by atoms with van der Waals surface area (Å²) in [6, 6.07) is 13.0. The van der Waals surface area contributed by atoms with Crippen molar-refractivity contribution in [2.75, 3.05) is 0 Å². The van der Waals surface area contributed by atoms with Gasteiger partial charge in [-0.1, -0.05) is 35.5 Å². The van der Waals surface area contributed by atoms with Gasteiger partial charge in [-0.15, -0.1) is 0 Å². The van der Waals surface area contributed by atoms with E-state index in [9.17, 15) is 18.7 Å². The fourth-order valence-electron chi connectivity index (χ4n) is 5.91. The summed E-state index contributed by atoms with van der Waals surface area (Å²) in [5, 5.41) is 14.5.